The lowest BCUT2D eigenvalue weighted by atomic mass is 10.2. The minimum atomic E-state index is 0.654. The van der Waals surface area contributed by atoms with Gasteiger partial charge < -0.3 is 4.98 Å². The highest BCUT2D eigenvalue weighted by Crippen LogP contribution is 2.31. The second kappa shape index (κ2) is 6.32. The standard InChI is InChI=1S/C21H13N7S/c1-2-8-22-13(3-1)14-4-5-16-19(24-14)20(28-27-16)21-25-15-6-9-23-17(18(15)26-21)12-7-10-29-11-12/h1-11H,(H,25,26)(H,27,28). The molecule has 2 N–H and O–H groups in total. The third-order valence-corrected chi connectivity index (χ3v) is 5.44. The molecule has 6 rings (SSSR count). The zero-order valence-corrected chi connectivity index (χ0v) is 15.8. The third-order valence-electron chi connectivity index (χ3n) is 4.75. The predicted octanol–water partition coefficient (Wildman–Crippen LogP) is 4.69. The molecule has 8 heteroatoms. The van der Waals surface area contributed by atoms with Gasteiger partial charge in [0.1, 0.15) is 11.0 Å². The Morgan fingerprint density at radius 2 is 1.72 bits per heavy atom. The first-order valence-electron chi connectivity index (χ1n) is 9.01. The molecule has 0 atom stereocenters. The van der Waals surface area contributed by atoms with Crippen LogP contribution < -0.4 is 0 Å². The number of aromatic amines is 2. The van der Waals surface area contributed by atoms with Crippen LogP contribution in [-0.2, 0) is 0 Å². The fraction of sp³-hybridized carbons (Fsp3) is 0. The summed E-state index contributed by atoms with van der Waals surface area (Å²) in [6, 6.07) is 13.6. The molecule has 0 aliphatic heterocycles. The smallest absolute Gasteiger partial charge is 0.161 e. The number of pyridine rings is 3. The Kier molecular flexibility index (Phi) is 3.50. The van der Waals surface area contributed by atoms with Crippen LogP contribution >= 0.6 is 11.3 Å². The summed E-state index contributed by atoms with van der Waals surface area (Å²) in [6.07, 6.45) is 3.55. The van der Waals surface area contributed by atoms with Crippen LogP contribution in [0.5, 0.6) is 0 Å². The summed E-state index contributed by atoms with van der Waals surface area (Å²) in [5.74, 6) is 0.654. The van der Waals surface area contributed by atoms with E-state index in [0.717, 1.165) is 44.7 Å². The number of fused-ring (bicyclic) bond motifs is 2. The van der Waals surface area contributed by atoms with Gasteiger partial charge in [0.05, 0.1) is 28.1 Å². The molecule has 0 aromatic carbocycles. The van der Waals surface area contributed by atoms with Gasteiger partial charge in [0.2, 0.25) is 0 Å². The van der Waals surface area contributed by atoms with Crippen LogP contribution in [0, 0.1) is 0 Å². The molecule has 7 nitrogen and oxygen atoms in total. The van der Waals surface area contributed by atoms with E-state index in [1.807, 2.05) is 47.8 Å². The zero-order valence-electron chi connectivity index (χ0n) is 15.0. The molecular formula is C21H13N7S. The van der Waals surface area contributed by atoms with Gasteiger partial charge in [-0.15, -0.1) is 0 Å². The molecule has 6 aromatic heterocycles. The molecule has 0 radical (unpaired) electrons. The van der Waals surface area contributed by atoms with Crippen LogP contribution in [0.4, 0.5) is 0 Å². The van der Waals surface area contributed by atoms with Gasteiger partial charge in [0.15, 0.2) is 11.5 Å². The summed E-state index contributed by atoms with van der Waals surface area (Å²) >= 11 is 1.64. The highest BCUT2D eigenvalue weighted by molar-refractivity contribution is 7.08. The van der Waals surface area contributed by atoms with Gasteiger partial charge in [-0.3, -0.25) is 15.1 Å². The van der Waals surface area contributed by atoms with E-state index in [-0.39, 0.29) is 0 Å². The Hall–Kier alpha value is -3.91. The molecule has 0 amide bonds. The number of thiophene rings is 1. The lowest BCUT2D eigenvalue weighted by Gasteiger charge is -2.00. The second-order valence-corrected chi connectivity index (χ2v) is 7.31. The van der Waals surface area contributed by atoms with E-state index in [9.17, 15) is 0 Å². The first-order chi connectivity index (χ1) is 14.4. The van der Waals surface area contributed by atoms with Crippen molar-refractivity contribution in [2.24, 2.45) is 0 Å². The summed E-state index contributed by atoms with van der Waals surface area (Å²) in [5, 5.41) is 11.6. The van der Waals surface area contributed by atoms with Crippen molar-refractivity contribution < 1.29 is 0 Å². The highest BCUT2D eigenvalue weighted by atomic mass is 32.1. The monoisotopic (exact) mass is 395 g/mol. The average molecular weight is 395 g/mol. The van der Waals surface area contributed by atoms with Crippen molar-refractivity contribution in [1.29, 1.82) is 0 Å². The number of aromatic nitrogens is 7. The van der Waals surface area contributed by atoms with Gasteiger partial charge in [0, 0.05) is 23.3 Å². The SMILES string of the molecule is c1ccc(-c2ccc3[nH]nc(-c4nc5c(-c6ccsc6)nccc5[nH]4)c3n2)nc1. The maximum absolute atomic E-state index is 4.81. The van der Waals surface area contributed by atoms with Gasteiger partial charge in [-0.05, 0) is 41.8 Å². The quantitative estimate of drug-likeness (QED) is 0.453. The van der Waals surface area contributed by atoms with E-state index < -0.39 is 0 Å². The molecular weight excluding hydrogens is 382 g/mol. The maximum Gasteiger partial charge on any atom is 0.161 e. The van der Waals surface area contributed by atoms with Crippen molar-refractivity contribution in [3.63, 3.8) is 0 Å². The van der Waals surface area contributed by atoms with Crippen molar-refractivity contribution in [1.82, 2.24) is 35.1 Å². The van der Waals surface area contributed by atoms with Crippen molar-refractivity contribution in [3.05, 3.63) is 65.6 Å². The number of hydrogen-bond donors (Lipinski definition) is 2. The van der Waals surface area contributed by atoms with Crippen molar-refractivity contribution in [2.45, 2.75) is 0 Å². The number of H-pyrrole nitrogens is 2. The fourth-order valence-electron chi connectivity index (χ4n) is 3.38. The van der Waals surface area contributed by atoms with Crippen LogP contribution in [0.25, 0.3) is 56.2 Å². The minimum absolute atomic E-state index is 0.654. The molecule has 0 unspecified atom stereocenters. The fourth-order valence-corrected chi connectivity index (χ4v) is 4.02. The Balaban J connectivity index is 1.53. The van der Waals surface area contributed by atoms with Crippen LogP contribution in [-0.4, -0.2) is 35.1 Å². The molecule has 0 saturated carbocycles. The molecule has 0 spiro atoms. The van der Waals surface area contributed by atoms with E-state index in [4.69, 9.17) is 9.97 Å². The van der Waals surface area contributed by atoms with Gasteiger partial charge in [0.25, 0.3) is 0 Å². The molecule has 138 valence electrons. The molecule has 6 heterocycles. The largest absolute Gasteiger partial charge is 0.336 e. The predicted molar refractivity (Wildman–Crippen MR) is 113 cm³/mol. The van der Waals surface area contributed by atoms with Crippen LogP contribution in [0.2, 0.25) is 0 Å². The van der Waals surface area contributed by atoms with Gasteiger partial charge in [-0.25, -0.2) is 9.97 Å². The first-order valence-corrected chi connectivity index (χ1v) is 9.95. The number of hydrogen-bond acceptors (Lipinski definition) is 6. The Labute approximate surface area is 168 Å². The second-order valence-electron chi connectivity index (χ2n) is 6.53. The summed E-state index contributed by atoms with van der Waals surface area (Å²) < 4.78 is 0. The van der Waals surface area contributed by atoms with E-state index in [1.54, 1.807) is 23.7 Å². The normalized spacial score (nSPS) is 11.4. The highest BCUT2D eigenvalue weighted by Gasteiger charge is 2.17. The molecule has 0 aliphatic rings. The van der Waals surface area contributed by atoms with E-state index >= 15 is 0 Å². The van der Waals surface area contributed by atoms with Crippen molar-refractivity contribution >= 4 is 33.4 Å². The van der Waals surface area contributed by atoms with Crippen molar-refractivity contribution in [3.8, 4) is 34.2 Å². The lowest BCUT2D eigenvalue weighted by Crippen LogP contribution is -1.88. The van der Waals surface area contributed by atoms with Crippen LogP contribution in [0.1, 0.15) is 0 Å². The van der Waals surface area contributed by atoms with Gasteiger partial charge >= 0.3 is 0 Å². The van der Waals surface area contributed by atoms with Crippen LogP contribution in [0.3, 0.4) is 0 Å². The number of imidazole rings is 1. The molecule has 0 aliphatic carbocycles. The summed E-state index contributed by atoms with van der Waals surface area (Å²) in [4.78, 5) is 21.9. The van der Waals surface area contributed by atoms with Crippen LogP contribution in [0.15, 0.2) is 65.6 Å². The molecule has 0 saturated heterocycles. The van der Waals surface area contributed by atoms with E-state index in [0.29, 0.717) is 11.5 Å². The Bertz CT molecular complexity index is 1450. The first kappa shape index (κ1) is 16.1. The van der Waals surface area contributed by atoms with Gasteiger partial charge in [-0.1, -0.05) is 6.07 Å². The molecule has 29 heavy (non-hydrogen) atoms. The molecule has 0 fully saturated rings. The molecule has 0 bridgehead atoms. The topological polar surface area (TPSA) is 96.0 Å². The number of rotatable bonds is 3. The lowest BCUT2D eigenvalue weighted by molar-refractivity contribution is 1.10. The average Bonchev–Trinajstić information content (AvgIpc) is 3.52. The Morgan fingerprint density at radius 3 is 2.59 bits per heavy atom. The Morgan fingerprint density at radius 1 is 0.759 bits per heavy atom. The summed E-state index contributed by atoms with van der Waals surface area (Å²) in [5.41, 5.74) is 7.51. The van der Waals surface area contributed by atoms with Gasteiger partial charge in [-0.2, -0.15) is 16.4 Å². The number of nitrogens with one attached hydrogen (secondary N) is 2. The molecule has 6 aromatic rings. The number of nitrogens with zero attached hydrogens (tertiary/aromatic N) is 5. The summed E-state index contributed by atoms with van der Waals surface area (Å²) in [6.45, 7) is 0. The van der Waals surface area contributed by atoms with E-state index in [1.165, 1.54) is 0 Å². The summed E-state index contributed by atoms with van der Waals surface area (Å²) in [7, 11) is 0. The third kappa shape index (κ3) is 2.61. The van der Waals surface area contributed by atoms with E-state index in [2.05, 4.69) is 30.5 Å². The van der Waals surface area contributed by atoms with Crippen molar-refractivity contribution in [2.75, 3.05) is 0 Å². The zero-order chi connectivity index (χ0) is 19.2. The maximum atomic E-state index is 4.81. The minimum Gasteiger partial charge on any atom is -0.336 e.